The van der Waals surface area contributed by atoms with Crippen LogP contribution in [0.3, 0.4) is 0 Å². The highest BCUT2D eigenvalue weighted by Crippen LogP contribution is 2.44. The van der Waals surface area contributed by atoms with Gasteiger partial charge in [0, 0.05) is 67.7 Å². The van der Waals surface area contributed by atoms with Crippen molar-refractivity contribution in [3.8, 4) is 0 Å². The van der Waals surface area contributed by atoms with Gasteiger partial charge in [0.05, 0.1) is 11.3 Å². The molecular formula is C25H27FN4O2. The summed E-state index contributed by atoms with van der Waals surface area (Å²) >= 11 is 0. The monoisotopic (exact) mass is 434 g/mol. The van der Waals surface area contributed by atoms with E-state index in [0.29, 0.717) is 22.6 Å². The lowest BCUT2D eigenvalue weighted by atomic mass is 9.93. The van der Waals surface area contributed by atoms with Gasteiger partial charge in [-0.25, -0.2) is 4.39 Å². The van der Waals surface area contributed by atoms with Crippen LogP contribution in [-0.4, -0.2) is 54.1 Å². The van der Waals surface area contributed by atoms with Gasteiger partial charge in [-0.05, 0) is 44.2 Å². The summed E-state index contributed by atoms with van der Waals surface area (Å²) in [6, 6.07) is 8.44. The number of ether oxygens (including phenoxy) is 1. The number of amides is 1. The highest BCUT2D eigenvalue weighted by atomic mass is 19.1. The van der Waals surface area contributed by atoms with Crippen LogP contribution in [0.1, 0.15) is 30.7 Å². The van der Waals surface area contributed by atoms with Crippen molar-refractivity contribution in [2.45, 2.75) is 25.9 Å². The Morgan fingerprint density at radius 3 is 2.75 bits per heavy atom. The zero-order valence-electron chi connectivity index (χ0n) is 18.4. The summed E-state index contributed by atoms with van der Waals surface area (Å²) in [6.07, 6.45) is 4.71. The van der Waals surface area contributed by atoms with Gasteiger partial charge >= 0.3 is 0 Å². The Morgan fingerprint density at radius 1 is 1.19 bits per heavy atom. The van der Waals surface area contributed by atoms with E-state index in [0.717, 1.165) is 56.0 Å². The van der Waals surface area contributed by atoms with Gasteiger partial charge in [0.1, 0.15) is 17.2 Å². The quantitative estimate of drug-likeness (QED) is 0.724. The summed E-state index contributed by atoms with van der Waals surface area (Å²) in [5.41, 5.74) is 3.93. The molecule has 166 valence electrons. The first-order valence-corrected chi connectivity index (χ1v) is 11.1. The van der Waals surface area contributed by atoms with E-state index in [2.05, 4.69) is 32.7 Å². The fourth-order valence-electron chi connectivity index (χ4n) is 4.55. The van der Waals surface area contributed by atoms with Gasteiger partial charge in [0.25, 0.3) is 5.91 Å². The van der Waals surface area contributed by atoms with E-state index < -0.39 is 5.60 Å². The highest BCUT2D eigenvalue weighted by Gasteiger charge is 2.38. The van der Waals surface area contributed by atoms with Crippen LogP contribution in [0.2, 0.25) is 0 Å². The number of nitrogens with zero attached hydrogens (tertiary/aromatic N) is 2. The van der Waals surface area contributed by atoms with Crippen LogP contribution in [0.25, 0.3) is 11.1 Å². The first-order valence-electron chi connectivity index (χ1n) is 11.1. The van der Waals surface area contributed by atoms with Crippen LogP contribution >= 0.6 is 0 Å². The topological polar surface area (TPSA) is 66.5 Å². The number of allylic oxidation sites excluding steroid dienone is 1. The maximum absolute atomic E-state index is 13.6. The summed E-state index contributed by atoms with van der Waals surface area (Å²) in [6.45, 7) is 9.22. The molecule has 0 bridgehead atoms. The zero-order chi connectivity index (χ0) is 22.3. The highest BCUT2D eigenvalue weighted by molar-refractivity contribution is 6.32. The van der Waals surface area contributed by atoms with E-state index in [9.17, 15) is 9.18 Å². The van der Waals surface area contributed by atoms with Gasteiger partial charge < -0.3 is 20.3 Å². The van der Waals surface area contributed by atoms with Crippen LogP contribution in [0.4, 0.5) is 10.1 Å². The molecule has 6 nitrogen and oxygen atoms in total. The Bertz CT molecular complexity index is 1120. The Kier molecular flexibility index (Phi) is 5.31. The molecule has 32 heavy (non-hydrogen) atoms. The summed E-state index contributed by atoms with van der Waals surface area (Å²) in [4.78, 5) is 19.7. The number of hydrogen-bond donors (Lipinski definition) is 2. The molecule has 0 unspecified atom stereocenters. The molecule has 0 aliphatic carbocycles. The first-order chi connectivity index (χ1) is 15.4. The number of halogens is 1. The molecule has 2 aromatic rings. The molecule has 1 amide bonds. The van der Waals surface area contributed by atoms with Crippen molar-refractivity contribution in [1.29, 1.82) is 0 Å². The number of benzene rings is 1. The lowest BCUT2D eigenvalue weighted by molar-refractivity contribution is -0.111. The number of rotatable bonds is 4. The molecule has 0 saturated carbocycles. The molecule has 1 saturated heterocycles. The maximum atomic E-state index is 13.6. The molecule has 7 heteroatoms. The van der Waals surface area contributed by atoms with Crippen LogP contribution in [-0.2, 0) is 16.0 Å². The van der Waals surface area contributed by atoms with Gasteiger partial charge in [-0.2, -0.15) is 0 Å². The fourth-order valence-corrected chi connectivity index (χ4v) is 4.55. The Morgan fingerprint density at radius 2 is 2.00 bits per heavy atom. The van der Waals surface area contributed by atoms with Gasteiger partial charge in [-0.3, -0.25) is 9.78 Å². The standard InChI is InChI=1S/C25H27FN4O2/c1-25(2)20(16-3-5-18(28-15-16)7-10-30-11-8-27-9-12-30)14-22(32-25)23-19-6-4-17(26)13-21(19)29-24(23)31/h3-6,13-15,27H,7-12H2,1-2H3,(H,29,31). The van der Waals surface area contributed by atoms with Crippen LogP contribution < -0.4 is 10.6 Å². The molecule has 0 spiro atoms. The number of fused-ring (bicyclic) bond motifs is 1. The molecule has 3 aliphatic heterocycles. The molecule has 3 aliphatic rings. The van der Waals surface area contributed by atoms with Crippen molar-refractivity contribution in [1.82, 2.24) is 15.2 Å². The Labute approximate surface area is 187 Å². The van der Waals surface area contributed by atoms with E-state index in [1.54, 1.807) is 6.07 Å². The summed E-state index contributed by atoms with van der Waals surface area (Å²) < 4.78 is 19.8. The third kappa shape index (κ3) is 3.94. The van der Waals surface area contributed by atoms with Crippen molar-refractivity contribution in [2.75, 3.05) is 38.0 Å². The molecule has 1 aromatic carbocycles. The van der Waals surface area contributed by atoms with E-state index >= 15 is 0 Å². The lowest BCUT2D eigenvalue weighted by Gasteiger charge is -2.27. The van der Waals surface area contributed by atoms with Crippen molar-refractivity contribution >= 4 is 22.7 Å². The minimum absolute atomic E-state index is 0.282. The Hall–Kier alpha value is -3.03. The van der Waals surface area contributed by atoms with Crippen molar-refractivity contribution < 1.29 is 13.9 Å². The average molecular weight is 435 g/mol. The predicted octanol–water partition coefficient (Wildman–Crippen LogP) is 3.22. The summed E-state index contributed by atoms with van der Waals surface area (Å²) in [5, 5.41) is 6.10. The van der Waals surface area contributed by atoms with Crippen molar-refractivity contribution in [3.63, 3.8) is 0 Å². The Balaban J connectivity index is 1.39. The lowest BCUT2D eigenvalue weighted by Crippen LogP contribution is -2.44. The number of carbonyl (C=O) groups excluding carboxylic acids is 1. The number of hydrogen-bond acceptors (Lipinski definition) is 5. The van der Waals surface area contributed by atoms with Crippen LogP contribution in [0, 0.1) is 5.82 Å². The number of nitrogens with one attached hydrogen (secondary N) is 2. The number of piperazine rings is 1. The summed E-state index contributed by atoms with van der Waals surface area (Å²) in [7, 11) is 0. The van der Waals surface area contributed by atoms with E-state index in [-0.39, 0.29) is 11.7 Å². The average Bonchev–Trinajstić information content (AvgIpc) is 3.27. The second-order valence-corrected chi connectivity index (χ2v) is 8.93. The maximum Gasteiger partial charge on any atom is 0.260 e. The van der Waals surface area contributed by atoms with Crippen molar-refractivity contribution in [2.24, 2.45) is 0 Å². The predicted molar refractivity (Wildman–Crippen MR) is 122 cm³/mol. The smallest absolute Gasteiger partial charge is 0.260 e. The fraction of sp³-hybridized carbons (Fsp3) is 0.360. The SMILES string of the molecule is CC1(C)OC(=C2C(=O)Nc3cc(F)ccc32)C=C1c1ccc(CCN2CCNCC2)nc1. The van der Waals surface area contributed by atoms with Gasteiger partial charge in [0.2, 0.25) is 0 Å². The molecule has 5 rings (SSSR count). The second-order valence-electron chi connectivity index (χ2n) is 8.93. The third-order valence-corrected chi connectivity index (χ3v) is 6.29. The van der Waals surface area contributed by atoms with Crippen LogP contribution in [0.5, 0.6) is 0 Å². The molecule has 0 radical (unpaired) electrons. The zero-order valence-corrected chi connectivity index (χ0v) is 18.4. The summed E-state index contributed by atoms with van der Waals surface area (Å²) in [5.74, 6) is -0.173. The second kappa shape index (κ2) is 8.15. The van der Waals surface area contributed by atoms with Gasteiger partial charge in [-0.1, -0.05) is 6.07 Å². The minimum atomic E-state index is -0.616. The van der Waals surface area contributed by atoms with Crippen LogP contribution in [0.15, 0.2) is 48.4 Å². The van der Waals surface area contributed by atoms with E-state index in [4.69, 9.17) is 4.74 Å². The van der Waals surface area contributed by atoms with E-state index in [1.165, 1.54) is 12.1 Å². The number of aromatic nitrogens is 1. The first kappa shape index (κ1) is 20.8. The molecule has 4 heterocycles. The molecule has 1 aromatic heterocycles. The number of anilines is 1. The molecule has 0 atom stereocenters. The largest absolute Gasteiger partial charge is 0.482 e. The van der Waals surface area contributed by atoms with Gasteiger partial charge in [-0.15, -0.1) is 0 Å². The third-order valence-electron chi connectivity index (χ3n) is 6.29. The molecule has 1 fully saturated rings. The van der Waals surface area contributed by atoms with E-state index in [1.807, 2.05) is 26.1 Å². The number of pyridine rings is 1. The molecular weight excluding hydrogens is 407 g/mol. The normalized spacial score (nSPS) is 22.3. The van der Waals surface area contributed by atoms with Crippen molar-refractivity contribution in [3.05, 3.63) is 71.0 Å². The number of carbonyl (C=O) groups is 1. The van der Waals surface area contributed by atoms with Gasteiger partial charge in [0.15, 0.2) is 0 Å². The molecule has 2 N–H and O–H groups in total. The minimum Gasteiger partial charge on any atom is -0.482 e.